The van der Waals surface area contributed by atoms with Crippen LogP contribution in [0.4, 0.5) is 4.79 Å². The third kappa shape index (κ3) is 20.6. The first-order chi connectivity index (χ1) is 41.6. The van der Waals surface area contributed by atoms with Crippen LogP contribution >= 0.6 is 11.8 Å². The number of ketones is 2. The first kappa shape index (κ1) is 70.8. The number of hydrogen-bond acceptors (Lipinski definition) is 16. The number of carbonyl (C=O) groups is 11. The number of unbranched alkanes of at least 4 members (excludes halogenated alkanes) is 2. The standard InChI is InChI=1S/C62H85N9O16S/c1-7-35(2)50(68-57(83)51(36(3)72)64-33-43(75)17-13-14-30-63-48(76)19-12-11-18-47-62(6)61(5,34-88-47)70-60(87)71-62)56(82)69-52(37(4)73)58(84)66-45(31-38-20-24-41(25-21-38)53(79)40-15-9-8-10-16-40)55(81)65-44(28-29-49(77)78)54(80)67-46(59(85)86)32-39-22-26-42(74)27-23-39/h8-10,15-16,20-27,35-37,44-47,50-52,64,72-74H,7,11-14,17-19,28-34H2,1-6H3,(H,63,76)(H,65,81)(H,66,84)(H,67,80)(H,68,83)(H,69,82)(H,77,78)(H,85,86)(H2,70,71,87)/t35-,36+,37+,44-,45-,46-,47-,50-,51-,52-,61-,62+/m0/s1. The zero-order chi connectivity index (χ0) is 64.9. The molecule has 3 aromatic carbocycles. The molecule has 0 saturated carbocycles. The normalized spacial score (nSPS) is 19.9. The van der Waals surface area contributed by atoms with Gasteiger partial charge in [-0.25, -0.2) is 9.59 Å². The van der Waals surface area contributed by atoms with E-state index in [1.165, 1.54) is 62.4 Å². The van der Waals surface area contributed by atoms with E-state index in [1.54, 1.807) is 44.2 Å². The van der Waals surface area contributed by atoms with Crippen LogP contribution in [0.25, 0.3) is 0 Å². The number of aliphatic hydroxyl groups is 2. The molecule has 2 fully saturated rings. The van der Waals surface area contributed by atoms with Gasteiger partial charge < -0.3 is 68.1 Å². The lowest BCUT2D eigenvalue weighted by molar-refractivity contribution is -0.143. The van der Waals surface area contributed by atoms with Crippen molar-refractivity contribution in [3.8, 4) is 5.75 Å². The fourth-order valence-electron chi connectivity index (χ4n) is 10.4. The lowest BCUT2D eigenvalue weighted by Gasteiger charge is -2.35. The Bertz CT molecular complexity index is 2930. The number of Topliss-reactive ketones (excluding diaryl/α,β-unsaturated/α-hetero) is 1. The highest BCUT2D eigenvalue weighted by molar-refractivity contribution is 8.00. The second-order valence-electron chi connectivity index (χ2n) is 23.1. The summed E-state index contributed by atoms with van der Waals surface area (Å²) in [5, 5.41) is 75.4. The van der Waals surface area contributed by atoms with E-state index in [1.807, 2.05) is 18.7 Å². The van der Waals surface area contributed by atoms with Gasteiger partial charge >= 0.3 is 18.0 Å². The monoisotopic (exact) mass is 1240 g/mol. The Hall–Kier alpha value is -7.94. The average molecular weight is 1240 g/mol. The summed E-state index contributed by atoms with van der Waals surface area (Å²) >= 11 is 1.82. The Morgan fingerprint density at radius 1 is 0.625 bits per heavy atom. The number of phenols is 1. The summed E-state index contributed by atoms with van der Waals surface area (Å²) in [6.07, 6.45) is -0.844. The van der Waals surface area contributed by atoms with Crippen molar-refractivity contribution in [2.24, 2.45) is 5.92 Å². The first-order valence-electron chi connectivity index (χ1n) is 29.7. The second-order valence-corrected chi connectivity index (χ2v) is 24.3. The number of carboxylic acids is 2. The fourth-order valence-corrected chi connectivity index (χ4v) is 12.3. The van der Waals surface area contributed by atoms with Gasteiger partial charge in [-0.15, -0.1) is 0 Å². The number of carboxylic acid groups (broad SMARTS) is 2. The van der Waals surface area contributed by atoms with Crippen LogP contribution in [0.3, 0.4) is 0 Å². The smallest absolute Gasteiger partial charge is 0.326 e. The van der Waals surface area contributed by atoms with Crippen molar-refractivity contribution in [2.45, 2.75) is 183 Å². The van der Waals surface area contributed by atoms with E-state index in [0.29, 0.717) is 55.3 Å². The van der Waals surface area contributed by atoms with Gasteiger partial charge in [0.05, 0.1) is 29.8 Å². The number of benzene rings is 3. The van der Waals surface area contributed by atoms with Gasteiger partial charge in [-0.05, 0) is 89.0 Å². The van der Waals surface area contributed by atoms with Crippen LogP contribution < -0.4 is 47.9 Å². The van der Waals surface area contributed by atoms with E-state index in [2.05, 4.69) is 54.8 Å². The predicted octanol–water partition coefficient (Wildman–Crippen LogP) is 1.91. The van der Waals surface area contributed by atoms with Crippen molar-refractivity contribution in [3.63, 3.8) is 0 Å². The predicted molar refractivity (Wildman–Crippen MR) is 326 cm³/mol. The Balaban J connectivity index is 1.21. The topological polar surface area (TPSA) is 397 Å². The molecule has 26 heteroatoms. The van der Waals surface area contributed by atoms with E-state index in [9.17, 15) is 78.3 Å². The van der Waals surface area contributed by atoms with Crippen LogP contribution in [-0.2, 0) is 56.0 Å². The molecule has 2 aliphatic heterocycles. The molecule has 0 spiro atoms. The maximum Gasteiger partial charge on any atom is 0.326 e. The van der Waals surface area contributed by atoms with Crippen molar-refractivity contribution in [1.29, 1.82) is 0 Å². The molecule has 0 bridgehead atoms. The fraction of sp³-hybridized carbons (Fsp3) is 0.532. The molecule has 0 aromatic heterocycles. The number of rotatable bonds is 37. The lowest BCUT2D eigenvalue weighted by Crippen LogP contribution is -2.63. The van der Waals surface area contributed by atoms with E-state index in [4.69, 9.17) is 0 Å². The molecule has 25 nitrogen and oxygen atoms in total. The molecule has 3 aromatic rings. The van der Waals surface area contributed by atoms with Gasteiger partial charge in [0.1, 0.15) is 47.8 Å². The van der Waals surface area contributed by atoms with Gasteiger partial charge in [-0.2, -0.15) is 11.8 Å². The van der Waals surface area contributed by atoms with Gasteiger partial charge in [0, 0.05) is 60.8 Å². The molecule has 12 atom stereocenters. The Morgan fingerprint density at radius 3 is 1.78 bits per heavy atom. The number of aliphatic carboxylic acids is 2. The van der Waals surface area contributed by atoms with Crippen LogP contribution in [0.5, 0.6) is 5.75 Å². The first-order valence-corrected chi connectivity index (χ1v) is 30.7. The summed E-state index contributed by atoms with van der Waals surface area (Å²) in [5.74, 6) is -8.57. The maximum absolute atomic E-state index is 14.4. The number of thioether (sulfide) groups is 1. The third-order valence-electron chi connectivity index (χ3n) is 16.2. The molecule has 480 valence electrons. The molecular formula is C62H85N9O16S. The zero-order valence-corrected chi connectivity index (χ0v) is 51.3. The summed E-state index contributed by atoms with van der Waals surface area (Å²) in [6, 6.07) is 10.2. The SMILES string of the molecule is CC[C@H](C)[C@H](NC(=O)[C@@H](NCC(=O)CCCCNC(=O)CCCC[C@@H]1SC[C@]2(C)NC(=O)N[C@]12C)[C@@H](C)O)C(=O)N[C@H](C(=O)N[C@@H](Cc1ccc(C(=O)c2ccccc2)cc1)C(=O)N[C@@H](CCC(=O)O)C(=O)N[C@@H](Cc1ccc(O)cc1)C(=O)O)[C@@H](C)O. The van der Waals surface area contributed by atoms with Crippen molar-refractivity contribution in [1.82, 2.24) is 47.9 Å². The van der Waals surface area contributed by atoms with E-state index in [0.717, 1.165) is 18.6 Å². The molecule has 0 aliphatic carbocycles. The molecule has 0 unspecified atom stereocenters. The van der Waals surface area contributed by atoms with Gasteiger partial charge in [0.15, 0.2) is 5.78 Å². The zero-order valence-electron chi connectivity index (χ0n) is 50.5. The lowest BCUT2D eigenvalue weighted by atomic mass is 9.79. The van der Waals surface area contributed by atoms with Crippen molar-refractivity contribution in [3.05, 3.63) is 101 Å². The number of amides is 8. The quantitative estimate of drug-likeness (QED) is 0.0223. The summed E-state index contributed by atoms with van der Waals surface area (Å²) in [6.45, 7) is 9.97. The van der Waals surface area contributed by atoms with Gasteiger partial charge in [0.25, 0.3) is 0 Å². The number of phenolic OH excluding ortho intramolecular Hbond substituents is 1. The number of aromatic hydroxyl groups is 1. The molecule has 0 radical (unpaired) electrons. The minimum absolute atomic E-state index is 0.0936. The third-order valence-corrected chi connectivity index (χ3v) is 18.0. The number of nitrogens with one attached hydrogen (secondary N) is 9. The van der Waals surface area contributed by atoms with Crippen molar-refractivity contribution < 1.29 is 78.3 Å². The molecule has 88 heavy (non-hydrogen) atoms. The largest absolute Gasteiger partial charge is 0.508 e. The molecule has 2 heterocycles. The van der Waals surface area contributed by atoms with Crippen LogP contribution in [-0.4, -0.2) is 174 Å². The highest BCUT2D eigenvalue weighted by Gasteiger charge is 2.60. The van der Waals surface area contributed by atoms with Crippen molar-refractivity contribution in [2.75, 3.05) is 18.8 Å². The van der Waals surface area contributed by atoms with Gasteiger partial charge in [-0.1, -0.05) is 93.4 Å². The number of carbonyl (C=O) groups excluding carboxylic acids is 9. The molecule has 2 saturated heterocycles. The van der Waals surface area contributed by atoms with E-state index < -0.39 is 109 Å². The number of aliphatic hydroxyl groups excluding tert-OH is 2. The summed E-state index contributed by atoms with van der Waals surface area (Å²) in [4.78, 5) is 146. The Morgan fingerprint density at radius 2 is 1.17 bits per heavy atom. The highest BCUT2D eigenvalue weighted by atomic mass is 32.2. The summed E-state index contributed by atoms with van der Waals surface area (Å²) in [5.41, 5.74) is 0.757. The average Bonchev–Trinajstić information content (AvgIpc) is 1.59. The number of fused-ring (bicyclic) bond motifs is 1. The van der Waals surface area contributed by atoms with Crippen LogP contribution in [0.2, 0.25) is 0 Å². The van der Waals surface area contributed by atoms with Crippen LogP contribution in [0.15, 0.2) is 78.9 Å². The molecule has 14 N–H and O–H groups in total. The second kappa shape index (κ2) is 33.4. The molecule has 5 rings (SSSR count). The summed E-state index contributed by atoms with van der Waals surface area (Å²) in [7, 11) is 0. The molecule has 8 amide bonds. The molecule has 2 aliphatic rings. The Labute approximate surface area is 515 Å². The summed E-state index contributed by atoms with van der Waals surface area (Å²) < 4.78 is 0. The van der Waals surface area contributed by atoms with Gasteiger partial charge in [-0.3, -0.25) is 48.5 Å². The number of hydrogen-bond donors (Lipinski definition) is 14. The van der Waals surface area contributed by atoms with Crippen LogP contribution in [0, 0.1) is 5.92 Å². The maximum atomic E-state index is 14.4. The van der Waals surface area contributed by atoms with Crippen molar-refractivity contribution >= 4 is 76.7 Å². The minimum atomic E-state index is -1.82. The highest BCUT2D eigenvalue weighted by Crippen LogP contribution is 2.47. The van der Waals surface area contributed by atoms with E-state index in [-0.39, 0.29) is 77.0 Å². The number of urea groups is 1. The van der Waals surface area contributed by atoms with Gasteiger partial charge in [0.2, 0.25) is 35.4 Å². The minimum Gasteiger partial charge on any atom is -0.508 e. The van der Waals surface area contributed by atoms with Crippen LogP contribution in [0.1, 0.15) is 133 Å². The molecular weight excluding hydrogens is 1160 g/mol. The Kier molecular flexibility index (Phi) is 26.9. The van der Waals surface area contributed by atoms with E-state index >= 15 is 0 Å².